The Labute approximate surface area is 100 Å². The Morgan fingerprint density at radius 1 is 1.56 bits per heavy atom. The Kier molecular flexibility index (Phi) is 3.74. The molecule has 2 aromatic heterocycles. The number of nitrogens with zero attached hydrogens (tertiary/aromatic N) is 2. The van der Waals surface area contributed by atoms with Gasteiger partial charge in [-0.3, -0.25) is 0 Å². The summed E-state index contributed by atoms with van der Waals surface area (Å²) in [4.78, 5) is 5.66. The van der Waals surface area contributed by atoms with Gasteiger partial charge in [-0.1, -0.05) is 13.0 Å². The third kappa shape index (κ3) is 2.51. The van der Waals surface area contributed by atoms with Gasteiger partial charge >= 0.3 is 0 Å². The molecular weight excluding hydrogens is 218 g/mol. The zero-order valence-electron chi connectivity index (χ0n) is 9.68. The van der Waals surface area contributed by atoms with Crippen LogP contribution in [0.2, 0.25) is 0 Å². The molecule has 1 unspecified atom stereocenters. The summed E-state index contributed by atoms with van der Waals surface area (Å²) in [7, 11) is 1.99. The second-order valence-corrected chi connectivity index (χ2v) is 4.99. The molecule has 3 nitrogen and oxygen atoms in total. The van der Waals surface area contributed by atoms with Crippen molar-refractivity contribution in [1.82, 2.24) is 14.9 Å². The second kappa shape index (κ2) is 5.27. The predicted molar refractivity (Wildman–Crippen MR) is 68.6 cm³/mol. The fourth-order valence-corrected chi connectivity index (χ4v) is 2.57. The highest BCUT2D eigenvalue weighted by atomic mass is 32.1. The standard InChI is InChI=1S/C12H17N3S/c1-10(8-13-2)9-15-6-5-14-12(15)11-4-3-7-16-11/h3-7,10,13H,8-9H2,1-2H3. The average Bonchev–Trinajstić information content (AvgIpc) is 2.86. The van der Waals surface area contributed by atoms with Crippen LogP contribution < -0.4 is 5.32 Å². The maximum atomic E-state index is 4.42. The van der Waals surface area contributed by atoms with Gasteiger partial charge in [0.2, 0.25) is 0 Å². The van der Waals surface area contributed by atoms with Gasteiger partial charge in [-0.15, -0.1) is 11.3 Å². The third-order valence-corrected chi connectivity index (χ3v) is 3.38. The lowest BCUT2D eigenvalue weighted by atomic mass is 10.2. The van der Waals surface area contributed by atoms with E-state index in [1.807, 2.05) is 13.2 Å². The Balaban J connectivity index is 2.14. The molecule has 0 bridgehead atoms. The van der Waals surface area contributed by atoms with Crippen molar-refractivity contribution in [3.8, 4) is 10.7 Å². The molecule has 86 valence electrons. The van der Waals surface area contributed by atoms with Crippen molar-refractivity contribution in [3.63, 3.8) is 0 Å². The number of hydrogen-bond donors (Lipinski definition) is 1. The van der Waals surface area contributed by atoms with Crippen LogP contribution in [0.5, 0.6) is 0 Å². The van der Waals surface area contributed by atoms with E-state index in [0.717, 1.165) is 18.9 Å². The van der Waals surface area contributed by atoms with Crippen LogP contribution in [0.1, 0.15) is 6.92 Å². The van der Waals surface area contributed by atoms with Gasteiger partial charge < -0.3 is 9.88 Å². The summed E-state index contributed by atoms with van der Waals surface area (Å²) in [5, 5.41) is 5.29. The fraction of sp³-hybridized carbons (Fsp3) is 0.417. The minimum Gasteiger partial charge on any atom is -0.330 e. The molecule has 0 saturated heterocycles. The monoisotopic (exact) mass is 235 g/mol. The summed E-state index contributed by atoms with van der Waals surface area (Å²) in [6.45, 7) is 4.28. The molecule has 0 radical (unpaired) electrons. The van der Waals surface area contributed by atoms with E-state index >= 15 is 0 Å². The molecular formula is C12H17N3S. The molecule has 1 atom stereocenters. The maximum absolute atomic E-state index is 4.42. The highest BCUT2D eigenvalue weighted by molar-refractivity contribution is 7.13. The largest absolute Gasteiger partial charge is 0.330 e. The van der Waals surface area contributed by atoms with Crippen LogP contribution in [0, 0.1) is 5.92 Å². The molecule has 1 N–H and O–H groups in total. The lowest BCUT2D eigenvalue weighted by Crippen LogP contribution is -2.20. The first-order valence-corrected chi connectivity index (χ1v) is 6.39. The van der Waals surface area contributed by atoms with Crippen molar-refractivity contribution in [2.45, 2.75) is 13.5 Å². The summed E-state index contributed by atoms with van der Waals surface area (Å²) >= 11 is 1.74. The molecule has 0 fully saturated rings. The fourth-order valence-electron chi connectivity index (χ4n) is 1.84. The van der Waals surface area contributed by atoms with Gasteiger partial charge in [0.1, 0.15) is 5.82 Å². The second-order valence-electron chi connectivity index (χ2n) is 4.04. The maximum Gasteiger partial charge on any atom is 0.149 e. The van der Waals surface area contributed by atoms with Gasteiger partial charge in [0, 0.05) is 18.9 Å². The molecule has 0 aromatic carbocycles. The van der Waals surface area contributed by atoms with Crippen LogP contribution in [-0.2, 0) is 6.54 Å². The predicted octanol–water partition coefficient (Wildman–Crippen LogP) is 2.47. The Bertz CT molecular complexity index is 419. The smallest absolute Gasteiger partial charge is 0.149 e. The Morgan fingerprint density at radius 3 is 3.12 bits per heavy atom. The summed E-state index contributed by atoms with van der Waals surface area (Å²) < 4.78 is 2.23. The van der Waals surface area contributed by atoms with Gasteiger partial charge in [-0.25, -0.2) is 4.98 Å². The molecule has 2 rings (SSSR count). The SMILES string of the molecule is CNCC(C)Cn1ccnc1-c1cccs1. The van der Waals surface area contributed by atoms with Gasteiger partial charge in [0.25, 0.3) is 0 Å². The van der Waals surface area contributed by atoms with Gasteiger partial charge in [0.05, 0.1) is 4.88 Å². The Morgan fingerprint density at radius 2 is 2.44 bits per heavy atom. The van der Waals surface area contributed by atoms with E-state index in [2.05, 4.69) is 45.5 Å². The minimum absolute atomic E-state index is 0.609. The van der Waals surface area contributed by atoms with E-state index in [0.29, 0.717) is 5.92 Å². The highest BCUT2D eigenvalue weighted by Gasteiger charge is 2.09. The first-order chi connectivity index (χ1) is 7.81. The molecule has 0 amide bonds. The van der Waals surface area contributed by atoms with E-state index < -0.39 is 0 Å². The van der Waals surface area contributed by atoms with Crippen LogP contribution in [0.3, 0.4) is 0 Å². The zero-order chi connectivity index (χ0) is 11.4. The molecule has 2 heterocycles. The zero-order valence-corrected chi connectivity index (χ0v) is 10.5. The van der Waals surface area contributed by atoms with Gasteiger partial charge in [-0.2, -0.15) is 0 Å². The van der Waals surface area contributed by atoms with Gasteiger partial charge in [0.15, 0.2) is 0 Å². The topological polar surface area (TPSA) is 29.9 Å². The van der Waals surface area contributed by atoms with Crippen LogP contribution >= 0.6 is 11.3 Å². The van der Waals surface area contributed by atoms with E-state index in [-0.39, 0.29) is 0 Å². The average molecular weight is 235 g/mol. The number of thiophene rings is 1. The number of rotatable bonds is 5. The van der Waals surface area contributed by atoms with E-state index in [1.54, 1.807) is 11.3 Å². The van der Waals surface area contributed by atoms with E-state index in [4.69, 9.17) is 0 Å². The molecule has 2 aromatic rings. The molecule has 0 saturated carbocycles. The molecule has 0 aliphatic carbocycles. The summed E-state index contributed by atoms with van der Waals surface area (Å²) in [6.07, 6.45) is 3.93. The number of aromatic nitrogens is 2. The van der Waals surface area contributed by atoms with E-state index in [1.165, 1.54) is 4.88 Å². The van der Waals surface area contributed by atoms with Crippen molar-refractivity contribution in [2.24, 2.45) is 5.92 Å². The van der Waals surface area contributed by atoms with Crippen molar-refractivity contribution in [1.29, 1.82) is 0 Å². The van der Waals surface area contributed by atoms with Crippen LogP contribution in [-0.4, -0.2) is 23.1 Å². The van der Waals surface area contributed by atoms with Crippen molar-refractivity contribution in [3.05, 3.63) is 29.9 Å². The lowest BCUT2D eigenvalue weighted by molar-refractivity contribution is 0.465. The molecule has 4 heteroatoms. The quantitative estimate of drug-likeness (QED) is 0.863. The summed E-state index contributed by atoms with van der Waals surface area (Å²) in [5.74, 6) is 1.69. The molecule has 16 heavy (non-hydrogen) atoms. The van der Waals surface area contributed by atoms with Crippen molar-refractivity contribution in [2.75, 3.05) is 13.6 Å². The number of imidazole rings is 1. The van der Waals surface area contributed by atoms with Crippen LogP contribution in [0.4, 0.5) is 0 Å². The minimum atomic E-state index is 0.609. The summed E-state index contributed by atoms with van der Waals surface area (Å²) in [5.41, 5.74) is 0. The van der Waals surface area contributed by atoms with E-state index in [9.17, 15) is 0 Å². The summed E-state index contributed by atoms with van der Waals surface area (Å²) in [6, 6.07) is 4.18. The third-order valence-electron chi connectivity index (χ3n) is 2.52. The molecule has 0 spiro atoms. The molecule has 0 aliphatic heterocycles. The highest BCUT2D eigenvalue weighted by Crippen LogP contribution is 2.23. The van der Waals surface area contributed by atoms with Gasteiger partial charge in [-0.05, 0) is 31.0 Å². The number of nitrogens with one attached hydrogen (secondary N) is 1. The normalized spacial score (nSPS) is 12.9. The first-order valence-electron chi connectivity index (χ1n) is 5.51. The first kappa shape index (κ1) is 11.4. The van der Waals surface area contributed by atoms with Crippen LogP contribution in [0.25, 0.3) is 10.7 Å². The van der Waals surface area contributed by atoms with Crippen molar-refractivity contribution < 1.29 is 0 Å². The number of hydrogen-bond acceptors (Lipinski definition) is 3. The van der Waals surface area contributed by atoms with Crippen molar-refractivity contribution >= 4 is 11.3 Å². The lowest BCUT2D eigenvalue weighted by Gasteiger charge is -2.13. The molecule has 0 aliphatic rings. The van der Waals surface area contributed by atoms with Crippen LogP contribution in [0.15, 0.2) is 29.9 Å². The Hall–Kier alpha value is -1.13.